The van der Waals surface area contributed by atoms with Gasteiger partial charge >= 0.3 is 0 Å². The Hall–Kier alpha value is -1.91. The molecule has 0 saturated heterocycles. The third kappa shape index (κ3) is 2.50. The van der Waals surface area contributed by atoms with Crippen LogP contribution in [-0.4, -0.2) is 17.9 Å². The summed E-state index contributed by atoms with van der Waals surface area (Å²) in [7, 11) is 0. The number of carboxylic acid groups (broad SMARTS) is 1. The largest absolute Gasteiger partial charge is 0.548 e. The van der Waals surface area contributed by atoms with E-state index in [-0.39, 0.29) is 5.56 Å². The van der Waals surface area contributed by atoms with Crippen molar-refractivity contribution < 1.29 is 19.1 Å². The zero-order valence-electron chi connectivity index (χ0n) is 13.5. The summed E-state index contributed by atoms with van der Waals surface area (Å²) in [5, 5.41) is 14.4. The Morgan fingerprint density at radius 2 is 1.62 bits per heavy atom. The minimum Gasteiger partial charge on any atom is -0.548 e. The molecule has 4 aliphatic rings. The molecule has 0 aliphatic heterocycles. The van der Waals surface area contributed by atoms with E-state index >= 15 is 0 Å². The van der Waals surface area contributed by atoms with Crippen molar-refractivity contribution in [2.24, 2.45) is 23.2 Å². The minimum absolute atomic E-state index is 0.117. The summed E-state index contributed by atoms with van der Waals surface area (Å²) >= 11 is 0. The van der Waals surface area contributed by atoms with E-state index in [4.69, 9.17) is 0 Å². The molecule has 1 amide bonds. The fourth-order valence-electron chi connectivity index (χ4n) is 5.85. The Labute approximate surface area is 140 Å². The van der Waals surface area contributed by atoms with Crippen LogP contribution in [-0.2, 0) is 4.79 Å². The molecule has 1 atom stereocenters. The molecule has 1 N–H and O–H groups in total. The molecule has 4 fully saturated rings. The van der Waals surface area contributed by atoms with E-state index in [2.05, 4.69) is 5.32 Å². The van der Waals surface area contributed by atoms with E-state index in [9.17, 15) is 19.1 Å². The molecule has 0 spiro atoms. The number of hydrogen-bond donors (Lipinski definition) is 1. The number of carbonyl (C=O) groups is 2. The molecule has 0 radical (unpaired) electrons. The van der Waals surface area contributed by atoms with Crippen LogP contribution in [0, 0.1) is 29.0 Å². The van der Waals surface area contributed by atoms with Crippen molar-refractivity contribution in [3.63, 3.8) is 0 Å². The first-order chi connectivity index (χ1) is 11.5. The van der Waals surface area contributed by atoms with Crippen molar-refractivity contribution in [3.05, 3.63) is 35.6 Å². The summed E-state index contributed by atoms with van der Waals surface area (Å²) in [6, 6.07) is 4.60. The first kappa shape index (κ1) is 15.6. The van der Waals surface area contributed by atoms with Crippen LogP contribution in [0.1, 0.15) is 48.9 Å². The molecule has 128 valence electrons. The maximum atomic E-state index is 13.8. The third-order valence-corrected chi connectivity index (χ3v) is 6.33. The predicted octanol–water partition coefficient (Wildman–Crippen LogP) is 1.89. The van der Waals surface area contributed by atoms with Crippen LogP contribution >= 0.6 is 0 Å². The molecule has 24 heavy (non-hydrogen) atoms. The highest BCUT2D eigenvalue weighted by atomic mass is 19.1. The molecule has 1 aromatic carbocycles. The number of nitrogens with one attached hydrogen (secondary N) is 1. The van der Waals surface area contributed by atoms with E-state index < -0.39 is 29.2 Å². The van der Waals surface area contributed by atoms with Gasteiger partial charge in [0, 0.05) is 0 Å². The third-order valence-electron chi connectivity index (χ3n) is 6.33. The molecule has 0 heterocycles. The monoisotopic (exact) mass is 330 g/mol. The van der Waals surface area contributed by atoms with Crippen LogP contribution in [0.3, 0.4) is 0 Å². The molecule has 1 aromatic rings. The number of aliphatic carboxylic acids is 1. The Morgan fingerprint density at radius 1 is 1.08 bits per heavy atom. The molecule has 1 unspecified atom stereocenters. The van der Waals surface area contributed by atoms with Gasteiger partial charge in [-0.3, -0.25) is 4.79 Å². The number of halogens is 1. The summed E-state index contributed by atoms with van der Waals surface area (Å²) in [6.45, 7) is 0. The second-order valence-corrected chi connectivity index (χ2v) is 7.99. The summed E-state index contributed by atoms with van der Waals surface area (Å²) in [5.41, 5.74) is -0.539. The number of amides is 1. The minimum atomic E-state index is -1.25. The number of carboxylic acids is 1. The zero-order valence-corrected chi connectivity index (χ0v) is 13.5. The van der Waals surface area contributed by atoms with Gasteiger partial charge in [0.1, 0.15) is 5.82 Å². The highest BCUT2D eigenvalue weighted by Crippen LogP contribution is 2.61. The van der Waals surface area contributed by atoms with Gasteiger partial charge < -0.3 is 15.2 Å². The van der Waals surface area contributed by atoms with E-state index in [0.717, 1.165) is 19.3 Å². The second-order valence-electron chi connectivity index (χ2n) is 7.99. The molecule has 5 heteroatoms. The van der Waals surface area contributed by atoms with Gasteiger partial charge in [0.25, 0.3) is 5.91 Å². The van der Waals surface area contributed by atoms with Crippen molar-refractivity contribution >= 4 is 11.9 Å². The second kappa shape index (κ2) is 5.57. The topological polar surface area (TPSA) is 69.2 Å². The standard InChI is InChI=1S/C19H22FNO3/c20-15-4-2-1-3-14(15)17(22)21-16(18(23)24)19-8-11-5-12(9-19)7-13(6-11)10-19/h1-4,11-13,16H,5-10H2,(H,21,22)(H,23,24)/p-1. The Morgan fingerprint density at radius 3 is 2.12 bits per heavy atom. The number of benzene rings is 1. The Balaban J connectivity index is 1.60. The first-order valence-corrected chi connectivity index (χ1v) is 8.73. The van der Waals surface area contributed by atoms with Gasteiger partial charge in [-0.15, -0.1) is 0 Å². The lowest BCUT2D eigenvalue weighted by Gasteiger charge is -2.59. The van der Waals surface area contributed by atoms with Crippen LogP contribution in [0.4, 0.5) is 4.39 Å². The van der Waals surface area contributed by atoms with Crippen LogP contribution in [0.5, 0.6) is 0 Å². The lowest BCUT2D eigenvalue weighted by atomic mass is 9.47. The lowest BCUT2D eigenvalue weighted by Crippen LogP contribution is -2.62. The molecule has 4 aliphatic carbocycles. The van der Waals surface area contributed by atoms with E-state index in [1.165, 1.54) is 37.5 Å². The number of rotatable bonds is 4. The van der Waals surface area contributed by atoms with Crippen molar-refractivity contribution in [2.75, 3.05) is 0 Å². The molecule has 5 rings (SSSR count). The Bertz CT molecular complexity index is 652. The van der Waals surface area contributed by atoms with Gasteiger partial charge in [0.15, 0.2) is 0 Å². The number of hydrogen-bond acceptors (Lipinski definition) is 3. The van der Waals surface area contributed by atoms with Gasteiger partial charge in [-0.05, 0) is 73.8 Å². The van der Waals surface area contributed by atoms with Crippen LogP contribution < -0.4 is 10.4 Å². The van der Waals surface area contributed by atoms with Gasteiger partial charge in [-0.25, -0.2) is 4.39 Å². The molecule has 4 bridgehead atoms. The summed E-state index contributed by atoms with van der Waals surface area (Å²) in [4.78, 5) is 24.3. The van der Waals surface area contributed by atoms with Crippen molar-refractivity contribution in [2.45, 2.75) is 44.6 Å². The van der Waals surface area contributed by atoms with E-state index in [1.54, 1.807) is 6.07 Å². The van der Waals surface area contributed by atoms with Crippen LogP contribution in [0.2, 0.25) is 0 Å². The quantitative estimate of drug-likeness (QED) is 0.916. The summed E-state index contributed by atoms with van der Waals surface area (Å²) in [5.74, 6) is -0.882. The average molecular weight is 330 g/mol. The lowest BCUT2D eigenvalue weighted by molar-refractivity contribution is -0.313. The fraction of sp³-hybridized carbons (Fsp3) is 0.579. The van der Waals surface area contributed by atoms with Crippen molar-refractivity contribution in [3.8, 4) is 0 Å². The maximum Gasteiger partial charge on any atom is 0.254 e. The van der Waals surface area contributed by atoms with E-state index in [1.807, 2.05) is 0 Å². The zero-order chi connectivity index (χ0) is 16.9. The Kier molecular flexibility index (Phi) is 3.62. The molecule has 0 aromatic heterocycles. The number of carbonyl (C=O) groups excluding carboxylic acids is 2. The fourth-order valence-corrected chi connectivity index (χ4v) is 5.85. The van der Waals surface area contributed by atoms with Gasteiger partial charge in [-0.2, -0.15) is 0 Å². The molecule has 4 saturated carbocycles. The predicted molar refractivity (Wildman–Crippen MR) is 83.3 cm³/mol. The molecular weight excluding hydrogens is 309 g/mol. The molecule has 4 nitrogen and oxygen atoms in total. The highest BCUT2D eigenvalue weighted by molar-refractivity contribution is 5.96. The summed E-state index contributed by atoms with van der Waals surface area (Å²) < 4.78 is 13.8. The van der Waals surface area contributed by atoms with Crippen molar-refractivity contribution in [1.82, 2.24) is 5.32 Å². The smallest absolute Gasteiger partial charge is 0.254 e. The van der Waals surface area contributed by atoms with Crippen LogP contribution in [0.15, 0.2) is 24.3 Å². The van der Waals surface area contributed by atoms with Crippen molar-refractivity contribution in [1.29, 1.82) is 0 Å². The normalized spacial score (nSPS) is 34.8. The SMILES string of the molecule is O=C(NC(C(=O)[O-])C12CC3CC(CC(C3)C1)C2)c1ccccc1F. The first-order valence-electron chi connectivity index (χ1n) is 8.73. The van der Waals surface area contributed by atoms with Gasteiger partial charge in [0.2, 0.25) is 0 Å². The summed E-state index contributed by atoms with van der Waals surface area (Å²) in [6.07, 6.45) is 6.03. The highest BCUT2D eigenvalue weighted by Gasteiger charge is 2.54. The maximum absolute atomic E-state index is 13.8. The average Bonchev–Trinajstić information content (AvgIpc) is 2.51. The molecular formula is C19H21FNO3-. The van der Waals surface area contributed by atoms with Gasteiger partial charge in [0.05, 0.1) is 17.6 Å². The van der Waals surface area contributed by atoms with E-state index in [0.29, 0.717) is 17.8 Å². The van der Waals surface area contributed by atoms with Crippen LogP contribution in [0.25, 0.3) is 0 Å². The van der Waals surface area contributed by atoms with Gasteiger partial charge in [-0.1, -0.05) is 12.1 Å².